The molecular formula is C8H15BrO2. The highest BCUT2D eigenvalue weighted by molar-refractivity contribution is 9.09. The lowest BCUT2D eigenvalue weighted by molar-refractivity contribution is 0.0475. The van der Waals surface area contributed by atoms with Crippen molar-refractivity contribution in [2.45, 2.75) is 36.8 Å². The smallest absolute Gasteiger partial charge is 0.0988 e. The van der Waals surface area contributed by atoms with Crippen LogP contribution in [0, 0.1) is 0 Å². The SMILES string of the molecule is C=C[C@H](O)[C@H](O)[C@H](Br)CCC. The van der Waals surface area contributed by atoms with Crippen LogP contribution in [0.5, 0.6) is 0 Å². The Morgan fingerprint density at radius 2 is 2.09 bits per heavy atom. The third-order valence-electron chi connectivity index (χ3n) is 1.53. The van der Waals surface area contributed by atoms with Gasteiger partial charge in [-0.2, -0.15) is 0 Å². The summed E-state index contributed by atoms with van der Waals surface area (Å²) in [5, 5.41) is 18.5. The molecule has 11 heavy (non-hydrogen) atoms. The van der Waals surface area contributed by atoms with Crippen LogP contribution in [0.15, 0.2) is 12.7 Å². The van der Waals surface area contributed by atoms with Crippen LogP contribution in [-0.4, -0.2) is 27.2 Å². The summed E-state index contributed by atoms with van der Waals surface area (Å²) < 4.78 is 0. The maximum Gasteiger partial charge on any atom is 0.0988 e. The van der Waals surface area contributed by atoms with Gasteiger partial charge in [-0.3, -0.25) is 0 Å². The van der Waals surface area contributed by atoms with Crippen molar-refractivity contribution in [3.05, 3.63) is 12.7 Å². The molecule has 0 saturated carbocycles. The summed E-state index contributed by atoms with van der Waals surface area (Å²) in [6, 6.07) is 0. The van der Waals surface area contributed by atoms with Gasteiger partial charge in [0.2, 0.25) is 0 Å². The Morgan fingerprint density at radius 1 is 1.55 bits per heavy atom. The van der Waals surface area contributed by atoms with Gasteiger partial charge in [0.05, 0.1) is 12.2 Å². The molecule has 66 valence electrons. The van der Waals surface area contributed by atoms with Crippen LogP contribution in [0.2, 0.25) is 0 Å². The molecule has 0 aromatic heterocycles. The molecule has 0 amide bonds. The van der Waals surface area contributed by atoms with Gasteiger partial charge in [0, 0.05) is 4.83 Å². The number of aliphatic hydroxyl groups excluding tert-OH is 2. The van der Waals surface area contributed by atoms with Gasteiger partial charge < -0.3 is 10.2 Å². The predicted molar refractivity (Wildman–Crippen MR) is 49.8 cm³/mol. The van der Waals surface area contributed by atoms with Gasteiger partial charge in [0.15, 0.2) is 0 Å². The van der Waals surface area contributed by atoms with E-state index in [9.17, 15) is 5.11 Å². The molecule has 2 nitrogen and oxygen atoms in total. The van der Waals surface area contributed by atoms with E-state index in [1.54, 1.807) is 0 Å². The van der Waals surface area contributed by atoms with E-state index in [4.69, 9.17) is 5.11 Å². The zero-order chi connectivity index (χ0) is 8.85. The van der Waals surface area contributed by atoms with Gasteiger partial charge in [0.25, 0.3) is 0 Å². The first-order valence-electron chi connectivity index (χ1n) is 3.76. The fraction of sp³-hybridized carbons (Fsp3) is 0.750. The van der Waals surface area contributed by atoms with Crippen LogP contribution in [0.25, 0.3) is 0 Å². The first-order valence-corrected chi connectivity index (χ1v) is 4.67. The molecule has 3 atom stereocenters. The predicted octanol–water partition coefficient (Wildman–Crippen LogP) is 1.46. The third kappa shape index (κ3) is 3.89. The average Bonchev–Trinajstić information content (AvgIpc) is 2.02. The van der Waals surface area contributed by atoms with Gasteiger partial charge in [-0.15, -0.1) is 6.58 Å². The molecule has 0 bridgehead atoms. The van der Waals surface area contributed by atoms with Gasteiger partial charge in [-0.25, -0.2) is 0 Å². The Labute approximate surface area is 76.1 Å². The fourth-order valence-electron chi connectivity index (χ4n) is 0.800. The topological polar surface area (TPSA) is 40.5 Å². The van der Waals surface area contributed by atoms with E-state index in [1.165, 1.54) is 6.08 Å². The zero-order valence-corrected chi connectivity index (χ0v) is 8.29. The van der Waals surface area contributed by atoms with Crippen molar-refractivity contribution < 1.29 is 10.2 Å². The Hall–Kier alpha value is 0.140. The van der Waals surface area contributed by atoms with Crippen LogP contribution in [-0.2, 0) is 0 Å². The Morgan fingerprint density at radius 3 is 2.45 bits per heavy atom. The summed E-state index contributed by atoms with van der Waals surface area (Å²) in [6.07, 6.45) is 1.61. The zero-order valence-electron chi connectivity index (χ0n) is 6.70. The Balaban J connectivity index is 3.79. The molecule has 2 N–H and O–H groups in total. The lowest BCUT2D eigenvalue weighted by atomic mass is 10.1. The van der Waals surface area contributed by atoms with Crippen LogP contribution in [0.4, 0.5) is 0 Å². The average molecular weight is 223 g/mol. The monoisotopic (exact) mass is 222 g/mol. The highest BCUT2D eigenvalue weighted by Crippen LogP contribution is 2.15. The van der Waals surface area contributed by atoms with Crippen LogP contribution in [0.1, 0.15) is 19.8 Å². The molecule has 0 aromatic carbocycles. The molecule has 0 aliphatic heterocycles. The molecule has 0 saturated heterocycles. The quantitative estimate of drug-likeness (QED) is 0.547. The van der Waals surface area contributed by atoms with Gasteiger partial charge in [-0.1, -0.05) is 35.4 Å². The lowest BCUT2D eigenvalue weighted by Crippen LogP contribution is -2.32. The van der Waals surface area contributed by atoms with Gasteiger partial charge in [-0.05, 0) is 6.42 Å². The van der Waals surface area contributed by atoms with E-state index in [1.807, 2.05) is 6.92 Å². The van der Waals surface area contributed by atoms with Crippen LogP contribution in [0.3, 0.4) is 0 Å². The molecule has 0 rings (SSSR count). The van der Waals surface area contributed by atoms with Crippen molar-refractivity contribution >= 4 is 15.9 Å². The molecule has 0 aliphatic carbocycles. The first-order chi connectivity index (χ1) is 5.13. The van der Waals surface area contributed by atoms with Crippen LogP contribution < -0.4 is 0 Å². The van der Waals surface area contributed by atoms with E-state index in [0.29, 0.717) is 0 Å². The standard InChI is InChI=1S/C8H15BrO2/c1-3-5-6(9)8(11)7(10)4-2/h4,6-8,10-11H,2-3,5H2,1H3/t6-,7+,8-/m1/s1. The first kappa shape index (κ1) is 11.1. The summed E-state index contributed by atoms with van der Waals surface area (Å²) in [7, 11) is 0. The summed E-state index contributed by atoms with van der Waals surface area (Å²) in [4.78, 5) is -0.0412. The number of hydrogen-bond acceptors (Lipinski definition) is 2. The van der Waals surface area contributed by atoms with E-state index in [0.717, 1.165) is 12.8 Å². The Kier molecular flexibility index (Phi) is 5.82. The minimum absolute atomic E-state index is 0.0412. The molecular weight excluding hydrogens is 208 g/mol. The lowest BCUT2D eigenvalue weighted by Gasteiger charge is -2.19. The fourth-order valence-corrected chi connectivity index (χ4v) is 1.57. The van der Waals surface area contributed by atoms with E-state index in [-0.39, 0.29) is 4.83 Å². The third-order valence-corrected chi connectivity index (χ3v) is 2.53. The molecule has 0 unspecified atom stereocenters. The maximum atomic E-state index is 9.35. The number of rotatable bonds is 5. The number of aliphatic hydroxyl groups is 2. The van der Waals surface area contributed by atoms with Gasteiger partial charge in [0.1, 0.15) is 0 Å². The molecule has 0 radical (unpaired) electrons. The Bertz CT molecular complexity index is 117. The van der Waals surface area contributed by atoms with E-state index < -0.39 is 12.2 Å². The summed E-state index contributed by atoms with van der Waals surface area (Å²) >= 11 is 3.29. The van der Waals surface area contributed by atoms with Crippen molar-refractivity contribution in [1.29, 1.82) is 0 Å². The summed E-state index contributed by atoms with van der Waals surface area (Å²) in [5.41, 5.74) is 0. The minimum Gasteiger partial charge on any atom is -0.389 e. The molecule has 0 aliphatic rings. The van der Waals surface area contributed by atoms with E-state index >= 15 is 0 Å². The van der Waals surface area contributed by atoms with Crippen molar-refractivity contribution in [3.63, 3.8) is 0 Å². The molecule has 0 fully saturated rings. The molecule has 0 heterocycles. The largest absolute Gasteiger partial charge is 0.389 e. The van der Waals surface area contributed by atoms with Crippen molar-refractivity contribution in [2.24, 2.45) is 0 Å². The van der Waals surface area contributed by atoms with Gasteiger partial charge >= 0.3 is 0 Å². The summed E-state index contributed by atoms with van der Waals surface area (Å²) in [6.45, 7) is 5.42. The minimum atomic E-state index is -0.828. The number of hydrogen-bond donors (Lipinski definition) is 2. The van der Waals surface area contributed by atoms with Crippen molar-refractivity contribution in [3.8, 4) is 0 Å². The second-order valence-corrected chi connectivity index (χ2v) is 3.70. The second kappa shape index (κ2) is 5.75. The highest BCUT2D eigenvalue weighted by atomic mass is 79.9. The highest BCUT2D eigenvalue weighted by Gasteiger charge is 2.20. The molecule has 0 spiro atoms. The second-order valence-electron chi connectivity index (χ2n) is 2.52. The normalized spacial score (nSPS) is 18.9. The summed E-state index contributed by atoms with van der Waals surface area (Å²) in [5.74, 6) is 0. The van der Waals surface area contributed by atoms with E-state index in [2.05, 4.69) is 22.5 Å². The number of halogens is 1. The van der Waals surface area contributed by atoms with Crippen molar-refractivity contribution in [1.82, 2.24) is 0 Å². The number of alkyl halides is 1. The molecule has 0 aromatic rings. The maximum absolute atomic E-state index is 9.35. The van der Waals surface area contributed by atoms with Crippen molar-refractivity contribution in [2.75, 3.05) is 0 Å². The molecule has 3 heteroatoms. The van der Waals surface area contributed by atoms with Crippen LogP contribution >= 0.6 is 15.9 Å².